The van der Waals surface area contributed by atoms with Gasteiger partial charge in [-0.2, -0.15) is 0 Å². The van der Waals surface area contributed by atoms with Crippen molar-refractivity contribution in [2.24, 2.45) is 0 Å². The van der Waals surface area contributed by atoms with Gasteiger partial charge >= 0.3 is 0 Å². The van der Waals surface area contributed by atoms with Crippen molar-refractivity contribution in [1.82, 2.24) is 5.32 Å². The molecule has 0 bridgehead atoms. The maximum absolute atomic E-state index is 12.4. The molecule has 3 rings (SSSR count). The maximum Gasteiger partial charge on any atom is 0.251 e. The minimum atomic E-state index is -0.179. The number of likely N-dealkylation sites (N-methyl/N-ethyl adjacent to an activating group) is 1. The molecule has 3 aromatic rings. The Labute approximate surface area is 165 Å². The second-order valence-corrected chi connectivity index (χ2v) is 6.49. The fourth-order valence-electron chi connectivity index (χ4n) is 2.81. The van der Waals surface area contributed by atoms with Crippen LogP contribution in [0.5, 0.6) is 0 Å². The molecule has 0 aliphatic heterocycles. The van der Waals surface area contributed by atoms with E-state index in [0.29, 0.717) is 17.8 Å². The fraction of sp³-hybridized carbons (Fsp3) is 0.130. The number of carbonyl (C=O) groups excluding carboxylic acids is 2. The van der Waals surface area contributed by atoms with Crippen LogP contribution in [0.4, 0.5) is 11.4 Å². The molecule has 0 aliphatic rings. The zero-order valence-electron chi connectivity index (χ0n) is 15.8. The van der Waals surface area contributed by atoms with E-state index in [4.69, 9.17) is 0 Å². The van der Waals surface area contributed by atoms with Gasteiger partial charge in [-0.25, -0.2) is 0 Å². The van der Waals surface area contributed by atoms with E-state index in [9.17, 15) is 9.59 Å². The van der Waals surface area contributed by atoms with Crippen LogP contribution in [0.15, 0.2) is 84.9 Å². The topological polar surface area (TPSA) is 61.4 Å². The molecule has 0 saturated heterocycles. The summed E-state index contributed by atoms with van der Waals surface area (Å²) in [5.74, 6) is -0.324. The third kappa shape index (κ3) is 5.45. The Morgan fingerprint density at radius 1 is 0.857 bits per heavy atom. The minimum Gasteiger partial charge on any atom is -0.365 e. The Morgan fingerprint density at radius 3 is 2.25 bits per heavy atom. The van der Waals surface area contributed by atoms with Gasteiger partial charge in [0.25, 0.3) is 5.91 Å². The van der Waals surface area contributed by atoms with Gasteiger partial charge in [0.2, 0.25) is 5.91 Å². The SMILES string of the molecule is CN(CC(=O)Nc1cccc(C(=O)NCc2ccccc2)c1)c1ccccc1. The van der Waals surface area contributed by atoms with Gasteiger partial charge in [-0.3, -0.25) is 9.59 Å². The normalized spacial score (nSPS) is 10.2. The van der Waals surface area contributed by atoms with E-state index in [1.807, 2.05) is 72.6 Å². The van der Waals surface area contributed by atoms with Crippen molar-refractivity contribution in [2.45, 2.75) is 6.54 Å². The molecular weight excluding hydrogens is 350 g/mol. The monoisotopic (exact) mass is 373 g/mol. The molecule has 2 amide bonds. The first-order valence-electron chi connectivity index (χ1n) is 9.10. The molecule has 2 N–H and O–H groups in total. The fourth-order valence-corrected chi connectivity index (χ4v) is 2.81. The highest BCUT2D eigenvalue weighted by molar-refractivity contribution is 5.98. The van der Waals surface area contributed by atoms with Gasteiger partial charge < -0.3 is 15.5 Å². The predicted octanol–water partition coefficient (Wildman–Crippen LogP) is 3.69. The number of amides is 2. The third-order valence-electron chi connectivity index (χ3n) is 4.28. The number of para-hydroxylation sites is 1. The molecule has 142 valence electrons. The molecule has 0 aromatic heterocycles. The number of nitrogens with one attached hydrogen (secondary N) is 2. The summed E-state index contributed by atoms with van der Waals surface area (Å²) in [6.45, 7) is 0.673. The van der Waals surface area contributed by atoms with Crippen molar-refractivity contribution in [3.63, 3.8) is 0 Å². The van der Waals surface area contributed by atoms with Crippen molar-refractivity contribution in [1.29, 1.82) is 0 Å². The summed E-state index contributed by atoms with van der Waals surface area (Å²) >= 11 is 0. The molecule has 0 spiro atoms. The predicted molar refractivity (Wildman–Crippen MR) is 112 cm³/mol. The molecule has 5 nitrogen and oxygen atoms in total. The standard InChI is InChI=1S/C23H23N3O2/c1-26(21-13-6-3-7-14-21)17-22(27)25-20-12-8-11-19(15-20)23(28)24-16-18-9-4-2-5-10-18/h2-15H,16-17H2,1H3,(H,24,28)(H,25,27). The lowest BCUT2D eigenvalue weighted by Crippen LogP contribution is -2.30. The van der Waals surface area contributed by atoms with Gasteiger partial charge in [-0.05, 0) is 35.9 Å². The van der Waals surface area contributed by atoms with E-state index in [1.165, 1.54) is 0 Å². The number of carbonyl (C=O) groups is 2. The molecule has 0 unspecified atom stereocenters. The largest absolute Gasteiger partial charge is 0.365 e. The second-order valence-electron chi connectivity index (χ2n) is 6.49. The van der Waals surface area contributed by atoms with Crippen molar-refractivity contribution < 1.29 is 9.59 Å². The maximum atomic E-state index is 12.4. The first-order valence-corrected chi connectivity index (χ1v) is 9.10. The summed E-state index contributed by atoms with van der Waals surface area (Å²) < 4.78 is 0. The van der Waals surface area contributed by atoms with Crippen LogP contribution >= 0.6 is 0 Å². The van der Waals surface area contributed by atoms with E-state index >= 15 is 0 Å². The van der Waals surface area contributed by atoms with Crippen LogP contribution in [-0.4, -0.2) is 25.4 Å². The summed E-state index contributed by atoms with van der Waals surface area (Å²) in [5, 5.41) is 5.74. The van der Waals surface area contributed by atoms with Crippen LogP contribution in [0, 0.1) is 0 Å². The van der Waals surface area contributed by atoms with Crippen LogP contribution in [0.1, 0.15) is 15.9 Å². The van der Waals surface area contributed by atoms with Crippen LogP contribution in [-0.2, 0) is 11.3 Å². The number of rotatable bonds is 7. The van der Waals surface area contributed by atoms with E-state index in [0.717, 1.165) is 11.3 Å². The lowest BCUT2D eigenvalue weighted by atomic mass is 10.1. The average Bonchev–Trinajstić information content (AvgIpc) is 2.73. The zero-order chi connectivity index (χ0) is 19.8. The van der Waals surface area contributed by atoms with Gasteiger partial charge in [-0.1, -0.05) is 54.6 Å². The molecule has 28 heavy (non-hydrogen) atoms. The van der Waals surface area contributed by atoms with Gasteiger partial charge in [-0.15, -0.1) is 0 Å². The smallest absolute Gasteiger partial charge is 0.251 e. The summed E-state index contributed by atoms with van der Waals surface area (Å²) in [4.78, 5) is 26.6. The summed E-state index contributed by atoms with van der Waals surface area (Å²) in [5.41, 5.74) is 3.10. The molecule has 5 heteroatoms. The zero-order valence-corrected chi connectivity index (χ0v) is 15.8. The summed E-state index contributed by atoms with van der Waals surface area (Å²) in [6.07, 6.45) is 0. The summed E-state index contributed by atoms with van der Waals surface area (Å²) in [6, 6.07) is 26.4. The Morgan fingerprint density at radius 2 is 1.54 bits per heavy atom. The number of hydrogen-bond donors (Lipinski definition) is 2. The van der Waals surface area contributed by atoms with Gasteiger partial charge in [0.15, 0.2) is 0 Å². The summed E-state index contributed by atoms with van der Waals surface area (Å²) in [7, 11) is 1.86. The van der Waals surface area contributed by atoms with E-state index in [2.05, 4.69) is 10.6 Å². The Hall–Kier alpha value is -3.60. The van der Waals surface area contributed by atoms with Crippen LogP contribution in [0.25, 0.3) is 0 Å². The Kier molecular flexibility index (Phi) is 6.41. The average molecular weight is 373 g/mol. The van der Waals surface area contributed by atoms with Crippen molar-refractivity contribution in [3.05, 3.63) is 96.1 Å². The van der Waals surface area contributed by atoms with Crippen molar-refractivity contribution >= 4 is 23.2 Å². The van der Waals surface area contributed by atoms with Crippen LogP contribution in [0.2, 0.25) is 0 Å². The second kappa shape index (κ2) is 9.37. The van der Waals surface area contributed by atoms with Gasteiger partial charge in [0.1, 0.15) is 0 Å². The minimum absolute atomic E-state index is 0.145. The molecule has 0 radical (unpaired) electrons. The Bertz CT molecular complexity index is 927. The van der Waals surface area contributed by atoms with Crippen LogP contribution in [0.3, 0.4) is 0 Å². The van der Waals surface area contributed by atoms with E-state index < -0.39 is 0 Å². The highest BCUT2D eigenvalue weighted by atomic mass is 16.2. The molecular formula is C23H23N3O2. The molecule has 0 fully saturated rings. The molecule has 0 aliphatic carbocycles. The quantitative estimate of drug-likeness (QED) is 0.664. The van der Waals surface area contributed by atoms with Crippen molar-refractivity contribution in [2.75, 3.05) is 23.8 Å². The van der Waals surface area contributed by atoms with E-state index in [1.54, 1.807) is 24.3 Å². The number of anilines is 2. The third-order valence-corrected chi connectivity index (χ3v) is 4.28. The molecule has 0 saturated carbocycles. The molecule has 3 aromatic carbocycles. The van der Waals surface area contributed by atoms with Gasteiger partial charge in [0.05, 0.1) is 6.54 Å². The number of hydrogen-bond acceptors (Lipinski definition) is 3. The first-order chi connectivity index (χ1) is 13.6. The highest BCUT2D eigenvalue weighted by Crippen LogP contribution is 2.13. The lowest BCUT2D eigenvalue weighted by Gasteiger charge is -2.18. The Balaban J connectivity index is 1.56. The molecule has 0 heterocycles. The van der Waals surface area contributed by atoms with Crippen LogP contribution < -0.4 is 15.5 Å². The first kappa shape index (κ1) is 19.2. The highest BCUT2D eigenvalue weighted by Gasteiger charge is 2.10. The van der Waals surface area contributed by atoms with Crippen molar-refractivity contribution in [3.8, 4) is 0 Å². The molecule has 0 atom stereocenters. The number of nitrogens with zero attached hydrogens (tertiary/aromatic N) is 1. The number of benzene rings is 3. The lowest BCUT2D eigenvalue weighted by molar-refractivity contribution is -0.114. The van der Waals surface area contributed by atoms with Gasteiger partial charge in [0, 0.05) is 30.5 Å². The van der Waals surface area contributed by atoms with E-state index in [-0.39, 0.29) is 18.4 Å².